The summed E-state index contributed by atoms with van der Waals surface area (Å²) in [6.45, 7) is 2.67. The number of halogens is 1. The van der Waals surface area contributed by atoms with Crippen LogP contribution in [0.4, 0.5) is 10.1 Å². The van der Waals surface area contributed by atoms with Gasteiger partial charge in [-0.05, 0) is 18.6 Å². The molecule has 0 saturated carbocycles. The van der Waals surface area contributed by atoms with Crippen LogP contribution in [0.15, 0.2) is 12.1 Å². The van der Waals surface area contributed by atoms with Crippen LogP contribution in [0.1, 0.15) is 24.2 Å². The zero-order valence-corrected chi connectivity index (χ0v) is 11.7. The molecule has 0 saturated heterocycles. The quantitative estimate of drug-likeness (QED) is 0.634. The molecule has 2 N–H and O–H groups in total. The zero-order valence-electron chi connectivity index (χ0n) is 10.9. The Morgan fingerprint density at radius 1 is 1.50 bits per heavy atom. The molecule has 0 radical (unpaired) electrons. The minimum absolute atomic E-state index is 0.0617. The molecule has 1 aromatic rings. The third kappa shape index (κ3) is 3.99. The summed E-state index contributed by atoms with van der Waals surface area (Å²) in [7, 11) is 0. The Hall–Kier alpha value is -1.51. The van der Waals surface area contributed by atoms with Crippen LogP contribution in [0.3, 0.4) is 0 Å². The van der Waals surface area contributed by atoms with E-state index in [4.69, 9.17) is 0 Å². The maximum Gasteiger partial charge on any atom is 0.275 e. The van der Waals surface area contributed by atoms with Crippen LogP contribution in [-0.2, 0) is 4.79 Å². The van der Waals surface area contributed by atoms with Crippen molar-refractivity contribution in [3.8, 4) is 0 Å². The molecule has 0 bridgehead atoms. The molecule has 0 aliphatic rings. The lowest BCUT2D eigenvalue weighted by Crippen LogP contribution is -2.22. The highest BCUT2D eigenvalue weighted by molar-refractivity contribution is 8.13. The number of benzene rings is 1. The number of nitrogens with zero attached hydrogens (tertiary/aromatic N) is 1. The Morgan fingerprint density at radius 2 is 2.10 bits per heavy atom. The molecule has 0 fully saturated rings. The van der Waals surface area contributed by atoms with Gasteiger partial charge in [0.25, 0.3) is 5.69 Å². The van der Waals surface area contributed by atoms with Crippen LogP contribution in [0.5, 0.6) is 0 Å². The molecule has 0 aromatic heterocycles. The SMILES string of the molecule is CC(=O)SCC(O)C(O)c1cc(F)cc([N+](=O)[O-])c1C. The molecule has 1 rings (SSSR count). The maximum atomic E-state index is 13.3. The Bertz CT molecular complexity index is 537. The van der Waals surface area contributed by atoms with E-state index in [0.717, 1.165) is 23.9 Å². The summed E-state index contributed by atoms with van der Waals surface area (Å²) in [5.41, 5.74) is -0.449. The first kappa shape index (κ1) is 16.5. The van der Waals surface area contributed by atoms with Crippen molar-refractivity contribution >= 4 is 22.6 Å². The van der Waals surface area contributed by atoms with Gasteiger partial charge >= 0.3 is 0 Å². The van der Waals surface area contributed by atoms with E-state index in [-0.39, 0.29) is 22.0 Å². The Labute approximate surface area is 118 Å². The van der Waals surface area contributed by atoms with Crippen molar-refractivity contribution < 1.29 is 24.3 Å². The summed E-state index contributed by atoms with van der Waals surface area (Å²) in [5.74, 6) is -0.956. The molecule has 2 atom stereocenters. The average Bonchev–Trinajstić information content (AvgIpc) is 2.36. The molecule has 1 aromatic carbocycles. The molecule has 8 heteroatoms. The third-order valence-electron chi connectivity index (χ3n) is 2.72. The lowest BCUT2D eigenvalue weighted by Gasteiger charge is -2.19. The van der Waals surface area contributed by atoms with Crippen molar-refractivity contribution in [3.63, 3.8) is 0 Å². The van der Waals surface area contributed by atoms with Crippen molar-refractivity contribution in [2.75, 3.05) is 5.75 Å². The van der Waals surface area contributed by atoms with E-state index in [1.165, 1.54) is 13.8 Å². The highest BCUT2D eigenvalue weighted by atomic mass is 32.2. The van der Waals surface area contributed by atoms with Crippen LogP contribution < -0.4 is 0 Å². The summed E-state index contributed by atoms with van der Waals surface area (Å²) >= 11 is 0.806. The largest absolute Gasteiger partial charge is 0.389 e. The zero-order chi connectivity index (χ0) is 15.4. The van der Waals surface area contributed by atoms with E-state index in [0.29, 0.717) is 0 Å². The average molecular weight is 303 g/mol. The van der Waals surface area contributed by atoms with Crippen LogP contribution >= 0.6 is 11.8 Å². The number of aliphatic hydroxyl groups excluding tert-OH is 2. The number of hydrogen-bond acceptors (Lipinski definition) is 6. The number of thioether (sulfide) groups is 1. The molecule has 0 amide bonds. The second-order valence-electron chi connectivity index (χ2n) is 4.21. The predicted octanol–water partition coefficient (Wildman–Crippen LogP) is 1.72. The molecule has 0 aliphatic carbocycles. The summed E-state index contributed by atoms with van der Waals surface area (Å²) in [5, 5.41) is 30.2. The third-order valence-corrected chi connectivity index (χ3v) is 3.64. The number of nitro groups is 1. The minimum atomic E-state index is -1.50. The van der Waals surface area contributed by atoms with Crippen LogP contribution in [0.25, 0.3) is 0 Å². The second-order valence-corrected chi connectivity index (χ2v) is 5.41. The van der Waals surface area contributed by atoms with Crippen molar-refractivity contribution in [2.24, 2.45) is 0 Å². The van der Waals surface area contributed by atoms with E-state index in [2.05, 4.69) is 0 Å². The minimum Gasteiger partial charge on any atom is -0.389 e. The van der Waals surface area contributed by atoms with Crippen LogP contribution in [0, 0.1) is 22.9 Å². The van der Waals surface area contributed by atoms with Gasteiger partial charge in [-0.15, -0.1) is 0 Å². The van der Waals surface area contributed by atoms with Gasteiger partial charge in [0.2, 0.25) is 0 Å². The van der Waals surface area contributed by atoms with Crippen LogP contribution in [0.2, 0.25) is 0 Å². The maximum absolute atomic E-state index is 13.3. The lowest BCUT2D eigenvalue weighted by atomic mass is 9.98. The van der Waals surface area contributed by atoms with Crippen molar-refractivity contribution in [2.45, 2.75) is 26.1 Å². The number of carbonyl (C=O) groups is 1. The lowest BCUT2D eigenvalue weighted by molar-refractivity contribution is -0.385. The fourth-order valence-electron chi connectivity index (χ4n) is 1.68. The molecule has 0 aliphatic heterocycles. The van der Waals surface area contributed by atoms with E-state index in [9.17, 15) is 29.5 Å². The number of hydrogen-bond donors (Lipinski definition) is 2. The molecule has 0 spiro atoms. The van der Waals surface area contributed by atoms with Gasteiger partial charge < -0.3 is 10.2 Å². The normalized spacial score (nSPS) is 13.8. The van der Waals surface area contributed by atoms with E-state index < -0.39 is 28.6 Å². The van der Waals surface area contributed by atoms with E-state index >= 15 is 0 Å². The number of aliphatic hydroxyl groups is 2. The van der Waals surface area contributed by atoms with Gasteiger partial charge in [0.15, 0.2) is 5.12 Å². The number of carbonyl (C=O) groups excluding carboxylic acids is 1. The summed E-state index contributed by atoms with van der Waals surface area (Å²) < 4.78 is 13.3. The highest BCUT2D eigenvalue weighted by Gasteiger charge is 2.25. The Balaban J connectivity index is 3.06. The monoisotopic (exact) mass is 303 g/mol. The Morgan fingerprint density at radius 3 is 2.60 bits per heavy atom. The first-order chi connectivity index (χ1) is 9.23. The van der Waals surface area contributed by atoms with E-state index in [1.54, 1.807) is 0 Å². The van der Waals surface area contributed by atoms with Crippen molar-refractivity contribution in [1.82, 2.24) is 0 Å². The predicted molar refractivity (Wildman–Crippen MR) is 71.9 cm³/mol. The standard InChI is InChI=1S/C12H14FNO5S/c1-6-9(3-8(13)4-10(6)14(18)19)12(17)11(16)5-20-7(2)15/h3-4,11-12,16-17H,5H2,1-2H3. The summed E-state index contributed by atoms with van der Waals surface area (Å²) in [6.07, 6.45) is -2.83. The number of rotatable bonds is 5. The summed E-state index contributed by atoms with van der Waals surface area (Å²) in [6, 6.07) is 1.69. The van der Waals surface area contributed by atoms with E-state index in [1.807, 2.05) is 0 Å². The second kappa shape index (κ2) is 6.78. The number of nitro benzene ring substituents is 1. The topological polar surface area (TPSA) is 101 Å². The van der Waals surface area contributed by atoms with Gasteiger partial charge in [0.1, 0.15) is 11.9 Å². The first-order valence-corrected chi connectivity index (χ1v) is 6.66. The van der Waals surface area contributed by atoms with Crippen molar-refractivity contribution in [3.05, 3.63) is 39.2 Å². The smallest absolute Gasteiger partial charge is 0.275 e. The van der Waals surface area contributed by atoms with Gasteiger partial charge in [0, 0.05) is 18.2 Å². The van der Waals surface area contributed by atoms with Gasteiger partial charge in [-0.3, -0.25) is 14.9 Å². The van der Waals surface area contributed by atoms with Gasteiger partial charge in [-0.2, -0.15) is 0 Å². The fourth-order valence-corrected chi connectivity index (χ4v) is 2.27. The van der Waals surface area contributed by atoms with Crippen LogP contribution in [-0.4, -0.2) is 32.1 Å². The first-order valence-electron chi connectivity index (χ1n) is 5.68. The molecule has 6 nitrogen and oxygen atoms in total. The molecule has 0 heterocycles. The Kier molecular flexibility index (Phi) is 5.61. The molecular weight excluding hydrogens is 289 g/mol. The van der Waals surface area contributed by atoms with Gasteiger partial charge in [-0.25, -0.2) is 4.39 Å². The molecule has 2 unspecified atom stereocenters. The van der Waals surface area contributed by atoms with Crippen molar-refractivity contribution in [1.29, 1.82) is 0 Å². The van der Waals surface area contributed by atoms with Gasteiger partial charge in [0.05, 0.1) is 17.1 Å². The molecule has 110 valence electrons. The fraction of sp³-hybridized carbons (Fsp3) is 0.417. The summed E-state index contributed by atoms with van der Waals surface area (Å²) in [4.78, 5) is 20.8. The van der Waals surface area contributed by atoms with Gasteiger partial charge in [-0.1, -0.05) is 11.8 Å². The molecular formula is C12H14FNO5S. The highest BCUT2D eigenvalue weighted by Crippen LogP contribution is 2.30. The molecule has 20 heavy (non-hydrogen) atoms.